The molecule has 0 radical (unpaired) electrons. The minimum atomic E-state index is -0.422. The molecule has 0 aliphatic heterocycles. The molecule has 0 saturated heterocycles. The zero-order valence-electron chi connectivity index (χ0n) is 13.7. The lowest BCUT2D eigenvalue weighted by molar-refractivity contribution is -0.120. The standard InChI is InChI=1S/C19H19NO4/c1-13-4-3-5-16(10-13)17(21)12-20-18(22)11-14-6-8-15(9-7-14)19(23)24-2/h3-10H,11-12H2,1-2H3,(H,20,22). The van der Waals surface area contributed by atoms with Gasteiger partial charge in [-0.25, -0.2) is 4.79 Å². The number of hydrogen-bond acceptors (Lipinski definition) is 4. The van der Waals surface area contributed by atoms with Crippen LogP contribution >= 0.6 is 0 Å². The van der Waals surface area contributed by atoms with Gasteiger partial charge in [-0.2, -0.15) is 0 Å². The van der Waals surface area contributed by atoms with Gasteiger partial charge in [-0.15, -0.1) is 0 Å². The van der Waals surface area contributed by atoms with Crippen molar-refractivity contribution in [2.45, 2.75) is 13.3 Å². The summed E-state index contributed by atoms with van der Waals surface area (Å²) in [5.41, 5.74) is 2.76. The zero-order valence-corrected chi connectivity index (χ0v) is 13.7. The van der Waals surface area contributed by atoms with Crippen LogP contribution in [0.25, 0.3) is 0 Å². The van der Waals surface area contributed by atoms with E-state index in [-0.39, 0.29) is 24.7 Å². The summed E-state index contributed by atoms with van der Waals surface area (Å²) in [4.78, 5) is 35.3. The van der Waals surface area contributed by atoms with Crippen LogP contribution in [-0.2, 0) is 16.0 Å². The summed E-state index contributed by atoms with van der Waals surface area (Å²) >= 11 is 0. The molecule has 2 aromatic carbocycles. The predicted octanol–water partition coefficient (Wildman–Crippen LogP) is 2.32. The van der Waals surface area contributed by atoms with Gasteiger partial charge in [-0.1, -0.05) is 35.9 Å². The summed E-state index contributed by atoms with van der Waals surface area (Å²) in [5.74, 6) is -0.801. The maximum Gasteiger partial charge on any atom is 0.337 e. The number of ketones is 1. The van der Waals surface area contributed by atoms with Crippen molar-refractivity contribution < 1.29 is 19.1 Å². The number of esters is 1. The first kappa shape index (κ1) is 17.4. The van der Waals surface area contributed by atoms with Gasteiger partial charge >= 0.3 is 5.97 Å². The Balaban J connectivity index is 1.87. The Morgan fingerprint density at radius 3 is 2.33 bits per heavy atom. The Labute approximate surface area is 140 Å². The second-order valence-corrected chi connectivity index (χ2v) is 5.43. The Morgan fingerprint density at radius 2 is 1.71 bits per heavy atom. The molecule has 2 aromatic rings. The van der Waals surface area contributed by atoms with Crippen molar-refractivity contribution in [1.29, 1.82) is 0 Å². The van der Waals surface area contributed by atoms with Gasteiger partial charge in [0.05, 0.1) is 25.6 Å². The molecule has 0 saturated carbocycles. The molecule has 0 spiro atoms. The molecule has 124 valence electrons. The maximum absolute atomic E-state index is 12.0. The molecule has 0 aliphatic rings. The van der Waals surface area contributed by atoms with Crippen molar-refractivity contribution >= 4 is 17.7 Å². The highest BCUT2D eigenvalue weighted by molar-refractivity contribution is 5.99. The second-order valence-electron chi connectivity index (χ2n) is 5.43. The van der Waals surface area contributed by atoms with Gasteiger partial charge in [0, 0.05) is 5.56 Å². The van der Waals surface area contributed by atoms with Crippen molar-refractivity contribution in [1.82, 2.24) is 5.32 Å². The molecule has 0 unspecified atom stereocenters. The molecule has 1 amide bonds. The number of carbonyl (C=O) groups is 3. The van der Waals surface area contributed by atoms with Crippen LogP contribution in [0.3, 0.4) is 0 Å². The lowest BCUT2D eigenvalue weighted by Gasteiger charge is -2.06. The lowest BCUT2D eigenvalue weighted by Crippen LogP contribution is -2.30. The molecule has 1 N–H and O–H groups in total. The van der Waals surface area contributed by atoms with Gasteiger partial charge in [0.2, 0.25) is 5.91 Å². The summed E-state index contributed by atoms with van der Waals surface area (Å²) < 4.78 is 4.62. The number of aryl methyl sites for hydroxylation is 1. The third kappa shape index (κ3) is 4.78. The molecular formula is C19H19NO4. The van der Waals surface area contributed by atoms with Crippen molar-refractivity contribution in [2.24, 2.45) is 0 Å². The fraction of sp³-hybridized carbons (Fsp3) is 0.211. The normalized spacial score (nSPS) is 10.1. The first-order valence-corrected chi connectivity index (χ1v) is 7.53. The molecule has 24 heavy (non-hydrogen) atoms. The van der Waals surface area contributed by atoms with Gasteiger partial charge < -0.3 is 10.1 Å². The summed E-state index contributed by atoms with van der Waals surface area (Å²) in [6.45, 7) is 1.87. The van der Waals surface area contributed by atoms with Crippen molar-refractivity contribution in [3.05, 3.63) is 70.8 Å². The number of rotatable bonds is 6. The minimum absolute atomic E-state index is 0.0392. The number of benzene rings is 2. The fourth-order valence-corrected chi connectivity index (χ4v) is 2.22. The van der Waals surface area contributed by atoms with Gasteiger partial charge in [-0.05, 0) is 30.7 Å². The molecular weight excluding hydrogens is 306 g/mol. The van der Waals surface area contributed by atoms with Crippen LogP contribution in [-0.4, -0.2) is 31.3 Å². The zero-order chi connectivity index (χ0) is 17.5. The van der Waals surface area contributed by atoms with Gasteiger partial charge in [-0.3, -0.25) is 9.59 Å². The van der Waals surface area contributed by atoms with Crippen LogP contribution < -0.4 is 5.32 Å². The van der Waals surface area contributed by atoms with E-state index in [9.17, 15) is 14.4 Å². The number of hydrogen-bond donors (Lipinski definition) is 1. The Hall–Kier alpha value is -2.95. The lowest BCUT2D eigenvalue weighted by atomic mass is 10.1. The van der Waals surface area contributed by atoms with E-state index < -0.39 is 5.97 Å². The van der Waals surface area contributed by atoms with Crippen LogP contribution in [0.4, 0.5) is 0 Å². The Kier molecular flexibility index (Phi) is 5.84. The van der Waals surface area contributed by atoms with Crippen LogP contribution in [0.5, 0.6) is 0 Å². The molecule has 0 bridgehead atoms. The molecule has 2 rings (SSSR count). The van der Waals surface area contributed by atoms with E-state index in [0.717, 1.165) is 11.1 Å². The summed E-state index contributed by atoms with van der Waals surface area (Å²) in [7, 11) is 1.31. The Morgan fingerprint density at radius 1 is 1.00 bits per heavy atom. The van der Waals surface area contributed by atoms with Crippen molar-refractivity contribution in [3.63, 3.8) is 0 Å². The SMILES string of the molecule is COC(=O)c1ccc(CC(=O)NCC(=O)c2cccc(C)c2)cc1. The van der Waals surface area contributed by atoms with Crippen molar-refractivity contribution in [2.75, 3.05) is 13.7 Å². The number of carbonyl (C=O) groups excluding carboxylic acids is 3. The number of amides is 1. The van der Waals surface area contributed by atoms with Gasteiger partial charge in [0.1, 0.15) is 0 Å². The topological polar surface area (TPSA) is 72.5 Å². The molecule has 5 heteroatoms. The third-order valence-corrected chi connectivity index (χ3v) is 3.53. The van der Waals surface area contributed by atoms with Crippen LogP contribution in [0.15, 0.2) is 48.5 Å². The molecule has 0 fully saturated rings. The largest absolute Gasteiger partial charge is 0.465 e. The number of nitrogens with one attached hydrogen (secondary N) is 1. The highest BCUT2D eigenvalue weighted by atomic mass is 16.5. The highest BCUT2D eigenvalue weighted by Gasteiger charge is 2.10. The number of methoxy groups -OCH3 is 1. The molecule has 0 aliphatic carbocycles. The second kappa shape index (κ2) is 8.06. The smallest absolute Gasteiger partial charge is 0.337 e. The third-order valence-electron chi connectivity index (χ3n) is 3.53. The molecule has 0 heterocycles. The van der Waals surface area contributed by atoms with Crippen LogP contribution in [0.1, 0.15) is 31.8 Å². The first-order valence-electron chi connectivity index (χ1n) is 7.53. The van der Waals surface area contributed by atoms with E-state index in [1.54, 1.807) is 36.4 Å². The van der Waals surface area contributed by atoms with E-state index in [1.807, 2.05) is 19.1 Å². The van der Waals surface area contributed by atoms with E-state index in [2.05, 4.69) is 10.1 Å². The maximum atomic E-state index is 12.0. The molecule has 5 nitrogen and oxygen atoms in total. The molecule has 0 aromatic heterocycles. The fourth-order valence-electron chi connectivity index (χ4n) is 2.22. The van der Waals surface area contributed by atoms with Crippen molar-refractivity contribution in [3.8, 4) is 0 Å². The van der Waals surface area contributed by atoms with E-state index in [0.29, 0.717) is 11.1 Å². The van der Waals surface area contributed by atoms with E-state index in [4.69, 9.17) is 0 Å². The van der Waals surface area contributed by atoms with Crippen LogP contribution in [0, 0.1) is 6.92 Å². The summed E-state index contributed by atoms with van der Waals surface area (Å²) in [6.07, 6.45) is 0.141. The highest BCUT2D eigenvalue weighted by Crippen LogP contribution is 2.07. The van der Waals surface area contributed by atoms with E-state index in [1.165, 1.54) is 7.11 Å². The average Bonchev–Trinajstić information content (AvgIpc) is 2.59. The Bertz CT molecular complexity index is 750. The summed E-state index contributed by atoms with van der Waals surface area (Å²) in [6, 6.07) is 13.8. The quantitative estimate of drug-likeness (QED) is 0.653. The predicted molar refractivity (Wildman–Crippen MR) is 90.0 cm³/mol. The summed E-state index contributed by atoms with van der Waals surface area (Å²) in [5, 5.41) is 2.62. The monoisotopic (exact) mass is 325 g/mol. The molecule has 0 atom stereocenters. The minimum Gasteiger partial charge on any atom is -0.465 e. The number of Topliss-reactive ketones (excluding diaryl/α,β-unsaturated/α-hetero) is 1. The van der Waals surface area contributed by atoms with E-state index >= 15 is 0 Å². The average molecular weight is 325 g/mol. The van der Waals surface area contributed by atoms with Crippen LogP contribution in [0.2, 0.25) is 0 Å². The van der Waals surface area contributed by atoms with Gasteiger partial charge in [0.15, 0.2) is 5.78 Å². The number of ether oxygens (including phenoxy) is 1. The first-order chi connectivity index (χ1) is 11.5. The van der Waals surface area contributed by atoms with Gasteiger partial charge in [0.25, 0.3) is 0 Å².